The van der Waals surface area contributed by atoms with Crippen LogP contribution in [0.2, 0.25) is 10.0 Å². The van der Waals surface area contributed by atoms with Crippen LogP contribution in [0.5, 0.6) is 0 Å². The van der Waals surface area contributed by atoms with E-state index in [4.69, 9.17) is 33.8 Å². The first kappa shape index (κ1) is 13.8. The molecular formula is C11H13Cl2N2O2+. The summed E-state index contributed by atoms with van der Waals surface area (Å²) in [5, 5.41) is 0.945. The SMILES string of the molecule is CCOC(=O)/[N+](N)=C(/C)c1ccc(Cl)cc1Cl. The van der Waals surface area contributed by atoms with E-state index in [1.54, 1.807) is 32.0 Å². The summed E-state index contributed by atoms with van der Waals surface area (Å²) in [6.07, 6.45) is -0.629. The number of hydrogen-bond acceptors (Lipinski definition) is 3. The number of nitrogens with two attached hydrogens (primary N) is 1. The van der Waals surface area contributed by atoms with Crippen LogP contribution in [0.4, 0.5) is 4.79 Å². The number of carbonyl (C=O) groups excluding carboxylic acids is 1. The third-order valence-corrected chi connectivity index (χ3v) is 2.69. The lowest BCUT2D eigenvalue weighted by molar-refractivity contribution is -0.457. The summed E-state index contributed by atoms with van der Waals surface area (Å²) in [4.78, 5) is 11.4. The zero-order valence-corrected chi connectivity index (χ0v) is 11.0. The average Bonchev–Trinajstić information content (AvgIpc) is 2.27. The van der Waals surface area contributed by atoms with Gasteiger partial charge in [0, 0.05) is 11.9 Å². The van der Waals surface area contributed by atoms with Gasteiger partial charge in [-0.25, -0.2) is 0 Å². The molecule has 0 aromatic heterocycles. The molecule has 1 amide bonds. The molecule has 1 rings (SSSR count). The molecule has 0 aliphatic rings. The number of nitrogens with zero attached hydrogens (tertiary/aromatic N) is 1. The second kappa shape index (κ2) is 5.89. The van der Waals surface area contributed by atoms with Gasteiger partial charge in [0.1, 0.15) is 0 Å². The van der Waals surface area contributed by atoms with E-state index in [-0.39, 0.29) is 6.61 Å². The quantitative estimate of drug-likeness (QED) is 0.297. The Morgan fingerprint density at radius 3 is 2.65 bits per heavy atom. The molecule has 0 saturated heterocycles. The van der Waals surface area contributed by atoms with Gasteiger partial charge < -0.3 is 4.74 Å². The minimum atomic E-state index is -0.629. The number of amides is 1. The number of hydrazone groups is 1. The van der Waals surface area contributed by atoms with Crippen molar-refractivity contribution in [1.82, 2.24) is 0 Å². The fraction of sp³-hybridized carbons (Fsp3) is 0.273. The van der Waals surface area contributed by atoms with Crippen molar-refractivity contribution in [2.24, 2.45) is 5.84 Å². The molecule has 1 aromatic carbocycles. The van der Waals surface area contributed by atoms with Crippen molar-refractivity contribution in [3.8, 4) is 0 Å². The van der Waals surface area contributed by atoms with E-state index >= 15 is 0 Å². The van der Waals surface area contributed by atoms with Gasteiger partial charge in [0.2, 0.25) is 5.71 Å². The molecular weight excluding hydrogens is 263 g/mol. The topological polar surface area (TPSA) is 55.3 Å². The van der Waals surface area contributed by atoms with Crippen molar-refractivity contribution >= 4 is 35.0 Å². The van der Waals surface area contributed by atoms with E-state index in [1.165, 1.54) is 0 Å². The van der Waals surface area contributed by atoms with Gasteiger partial charge >= 0.3 is 6.09 Å². The van der Waals surface area contributed by atoms with Crippen LogP contribution in [0.15, 0.2) is 18.2 Å². The first-order chi connectivity index (χ1) is 7.97. The maximum Gasteiger partial charge on any atom is 0.626 e. The van der Waals surface area contributed by atoms with Crippen molar-refractivity contribution in [3.63, 3.8) is 0 Å². The third-order valence-electron chi connectivity index (χ3n) is 2.15. The van der Waals surface area contributed by atoms with Gasteiger partial charge in [-0.1, -0.05) is 23.2 Å². The number of rotatable bonds is 2. The van der Waals surface area contributed by atoms with Crippen LogP contribution in [0, 0.1) is 0 Å². The lowest BCUT2D eigenvalue weighted by atomic mass is 10.1. The van der Waals surface area contributed by atoms with Crippen molar-refractivity contribution < 1.29 is 14.2 Å². The van der Waals surface area contributed by atoms with Gasteiger partial charge in [0.15, 0.2) is 0 Å². The molecule has 92 valence electrons. The molecule has 0 saturated carbocycles. The highest BCUT2D eigenvalue weighted by molar-refractivity contribution is 6.36. The number of hydrazine groups is 1. The van der Waals surface area contributed by atoms with Crippen LogP contribution in [0.1, 0.15) is 19.4 Å². The molecule has 0 bridgehead atoms. The highest BCUT2D eigenvalue weighted by atomic mass is 35.5. The summed E-state index contributed by atoms with van der Waals surface area (Å²) in [7, 11) is 0. The monoisotopic (exact) mass is 275 g/mol. The molecule has 1 aromatic rings. The van der Waals surface area contributed by atoms with E-state index in [0.717, 1.165) is 4.68 Å². The molecule has 0 spiro atoms. The van der Waals surface area contributed by atoms with E-state index in [9.17, 15) is 4.79 Å². The summed E-state index contributed by atoms with van der Waals surface area (Å²) in [5.41, 5.74) is 1.12. The van der Waals surface area contributed by atoms with Gasteiger partial charge in [-0.05, 0) is 29.8 Å². The number of benzene rings is 1. The van der Waals surface area contributed by atoms with Crippen molar-refractivity contribution in [3.05, 3.63) is 33.8 Å². The highest BCUT2D eigenvalue weighted by Crippen LogP contribution is 2.21. The normalized spacial score (nSPS) is 12.0. The van der Waals surface area contributed by atoms with Crippen molar-refractivity contribution in [2.75, 3.05) is 6.61 Å². The van der Waals surface area contributed by atoms with Crippen LogP contribution in [0.3, 0.4) is 0 Å². The van der Waals surface area contributed by atoms with Gasteiger partial charge in [0.05, 0.1) is 17.2 Å². The van der Waals surface area contributed by atoms with Gasteiger partial charge in [0.25, 0.3) is 0 Å². The smallest absolute Gasteiger partial charge is 0.410 e. The second-order valence-corrected chi connectivity index (χ2v) is 4.12. The summed E-state index contributed by atoms with van der Waals surface area (Å²) >= 11 is 11.8. The summed E-state index contributed by atoms with van der Waals surface area (Å²) < 4.78 is 5.70. The summed E-state index contributed by atoms with van der Waals surface area (Å²) in [6.45, 7) is 3.64. The molecule has 0 aliphatic heterocycles. The second-order valence-electron chi connectivity index (χ2n) is 3.28. The number of halogens is 2. The Balaban J connectivity index is 3.14. The van der Waals surface area contributed by atoms with Crippen LogP contribution in [0.25, 0.3) is 0 Å². The number of ether oxygens (including phenoxy) is 1. The standard InChI is InChI=1S/C11H13Cl2N2O2/c1-3-17-11(16)15(14)7(2)9-5-4-8(12)6-10(9)13/h4-6H,3,14H2,1-2H3/q+1/b15-7+. The molecule has 4 nitrogen and oxygen atoms in total. The van der Waals surface area contributed by atoms with E-state index in [1.807, 2.05) is 0 Å². The highest BCUT2D eigenvalue weighted by Gasteiger charge is 2.22. The average molecular weight is 276 g/mol. The lowest BCUT2D eigenvalue weighted by Gasteiger charge is -2.02. The van der Waals surface area contributed by atoms with Gasteiger partial charge in [-0.3, -0.25) is 0 Å². The number of carbonyl (C=O) groups is 1. The van der Waals surface area contributed by atoms with Crippen LogP contribution >= 0.6 is 23.2 Å². The first-order valence-electron chi connectivity index (χ1n) is 4.98. The van der Waals surface area contributed by atoms with Crippen LogP contribution in [-0.4, -0.2) is 23.1 Å². The fourth-order valence-electron chi connectivity index (χ4n) is 1.24. The maximum atomic E-state index is 11.4. The van der Waals surface area contributed by atoms with E-state index in [0.29, 0.717) is 21.3 Å². The molecule has 17 heavy (non-hydrogen) atoms. The molecule has 0 heterocycles. The largest absolute Gasteiger partial charge is 0.626 e. The Morgan fingerprint density at radius 1 is 1.47 bits per heavy atom. The minimum Gasteiger partial charge on any atom is -0.410 e. The summed E-state index contributed by atoms with van der Waals surface area (Å²) in [6, 6.07) is 4.95. The Labute approximate surface area is 110 Å². The fourth-order valence-corrected chi connectivity index (χ4v) is 1.79. The molecule has 0 radical (unpaired) electrons. The Kier molecular flexibility index (Phi) is 4.78. The first-order valence-corrected chi connectivity index (χ1v) is 5.73. The Hall–Kier alpha value is -1.26. The minimum absolute atomic E-state index is 0.258. The third kappa shape index (κ3) is 3.35. The van der Waals surface area contributed by atoms with E-state index < -0.39 is 6.09 Å². The Morgan fingerprint density at radius 2 is 2.12 bits per heavy atom. The zero-order chi connectivity index (χ0) is 13.0. The molecule has 6 heteroatoms. The summed E-state index contributed by atoms with van der Waals surface area (Å²) in [5.74, 6) is 5.62. The van der Waals surface area contributed by atoms with Gasteiger partial charge in [-0.15, -0.1) is 0 Å². The Bertz CT molecular complexity index is 473. The molecule has 0 aliphatic carbocycles. The van der Waals surface area contributed by atoms with Crippen molar-refractivity contribution in [1.29, 1.82) is 0 Å². The zero-order valence-electron chi connectivity index (χ0n) is 9.54. The lowest BCUT2D eigenvalue weighted by Crippen LogP contribution is -2.33. The number of hydrogen-bond donors (Lipinski definition) is 1. The van der Waals surface area contributed by atoms with E-state index in [2.05, 4.69) is 0 Å². The molecule has 0 atom stereocenters. The molecule has 2 N–H and O–H groups in total. The predicted octanol–water partition coefficient (Wildman–Crippen LogP) is 2.85. The van der Waals surface area contributed by atoms with Crippen molar-refractivity contribution in [2.45, 2.75) is 13.8 Å². The predicted molar refractivity (Wildman–Crippen MR) is 67.7 cm³/mol. The van der Waals surface area contributed by atoms with Crippen LogP contribution in [-0.2, 0) is 4.74 Å². The van der Waals surface area contributed by atoms with Crippen LogP contribution < -0.4 is 5.84 Å². The molecule has 0 unspecified atom stereocenters. The molecule has 0 fully saturated rings. The maximum absolute atomic E-state index is 11.4. The van der Waals surface area contributed by atoms with Gasteiger partial charge in [-0.2, -0.15) is 10.6 Å².